The van der Waals surface area contributed by atoms with E-state index in [1.54, 1.807) is 18.4 Å². The maximum atomic E-state index is 12.0. The minimum atomic E-state index is -0.126. The molecular formula is C19H19ClN4O2S. The molecule has 3 aromatic rings. The number of nitrogen functional groups attached to an aromatic ring is 1. The number of aryl methyl sites for hydroxylation is 1. The minimum absolute atomic E-state index is 0.126. The molecule has 0 spiro atoms. The van der Waals surface area contributed by atoms with Crippen molar-refractivity contribution in [2.45, 2.75) is 25.0 Å². The zero-order chi connectivity index (χ0) is 19.2. The van der Waals surface area contributed by atoms with E-state index in [4.69, 9.17) is 21.8 Å². The lowest BCUT2D eigenvalue weighted by Gasteiger charge is -2.12. The number of rotatable bonds is 7. The lowest BCUT2D eigenvalue weighted by Crippen LogP contribution is -2.24. The summed E-state index contributed by atoms with van der Waals surface area (Å²) in [6.07, 6.45) is 2.27. The van der Waals surface area contributed by atoms with Crippen molar-refractivity contribution in [3.05, 3.63) is 59.1 Å². The third-order valence-corrected chi connectivity index (χ3v) is 4.93. The fraction of sp³-hybridized carbons (Fsp3) is 0.211. The number of aromatic nitrogens is 2. The Balaban J connectivity index is 1.68. The van der Waals surface area contributed by atoms with Crippen LogP contribution in [0.1, 0.15) is 18.4 Å². The Bertz CT molecular complexity index is 914. The first kappa shape index (κ1) is 19.3. The minimum Gasteiger partial charge on any atom is -0.467 e. The standard InChI is InChI=1S/C19H19ClN4O2S/c1-2-15-17(12-5-7-13(20)8-6-12)18(21)24-19(23-15)27-11-16(25)22-10-14-4-3-9-26-14/h3-9H,2,10-11H2,1H3,(H,22,25)(H2,21,23,24). The van der Waals surface area contributed by atoms with E-state index in [2.05, 4.69) is 15.3 Å². The second-order valence-electron chi connectivity index (χ2n) is 5.72. The Hall–Kier alpha value is -2.51. The highest BCUT2D eigenvalue weighted by Gasteiger charge is 2.14. The predicted octanol–water partition coefficient (Wildman–Crippen LogP) is 3.94. The largest absolute Gasteiger partial charge is 0.467 e. The van der Waals surface area contributed by atoms with Crippen molar-refractivity contribution in [1.29, 1.82) is 0 Å². The number of carbonyl (C=O) groups is 1. The third kappa shape index (κ3) is 5.02. The van der Waals surface area contributed by atoms with E-state index in [1.165, 1.54) is 11.8 Å². The summed E-state index contributed by atoms with van der Waals surface area (Å²) in [6, 6.07) is 11.0. The van der Waals surface area contributed by atoms with Crippen LogP contribution in [0.2, 0.25) is 5.02 Å². The van der Waals surface area contributed by atoms with Gasteiger partial charge in [-0.15, -0.1) is 0 Å². The number of nitrogens with zero attached hydrogens (tertiary/aromatic N) is 2. The molecule has 27 heavy (non-hydrogen) atoms. The summed E-state index contributed by atoms with van der Waals surface area (Å²) in [5.74, 6) is 1.17. The van der Waals surface area contributed by atoms with Crippen LogP contribution >= 0.6 is 23.4 Å². The van der Waals surface area contributed by atoms with Crippen LogP contribution in [0.15, 0.2) is 52.2 Å². The number of halogens is 1. The predicted molar refractivity (Wildman–Crippen MR) is 108 cm³/mol. The number of hydrogen-bond donors (Lipinski definition) is 2. The number of benzene rings is 1. The fourth-order valence-corrected chi connectivity index (χ4v) is 3.36. The third-order valence-electron chi connectivity index (χ3n) is 3.83. The van der Waals surface area contributed by atoms with Gasteiger partial charge < -0.3 is 15.5 Å². The van der Waals surface area contributed by atoms with Crippen LogP contribution in [0.3, 0.4) is 0 Å². The molecule has 0 atom stereocenters. The molecule has 0 bridgehead atoms. The van der Waals surface area contributed by atoms with Crippen LogP contribution in [0, 0.1) is 0 Å². The van der Waals surface area contributed by atoms with Gasteiger partial charge in [-0.25, -0.2) is 9.97 Å². The first-order chi connectivity index (χ1) is 13.1. The van der Waals surface area contributed by atoms with Gasteiger partial charge in [0, 0.05) is 10.6 Å². The van der Waals surface area contributed by atoms with Gasteiger partial charge in [0.05, 0.1) is 24.3 Å². The Labute approximate surface area is 166 Å². The van der Waals surface area contributed by atoms with Gasteiger partial charge in [0.2, 0.25) is 5.91 Å². The smallest absolute Gasteiger partial charge is 0.230 e. The topological polar surface area (TPSA) is 94.0 Å². The zero-order valence-electron chi connectivity index (χ0n) is 14.7. The molecule has 1 amide bonds. The van der Waals surface area contributed by atoms with Gasteiger partial charge in [0.1, 0.15) is 11.6 Å². The molecular weight excluding hydrogens is 384 g/mol. The lowest BCUT2D eigenvalue weighted by atomic mass is 10.0. The van der Waals surface area contributed by atoms with Gasteiger partial charge >= 0.3 is 0 Å². The monoisotopic (exact) mass is 402 g/mol. The molecule has 3 N–H and O–H groups in total. The summed E-state index contributed by atoms with van der Waals surface area (Å²) < 4.78 is 5.18. The molecule has 0 aliphatic carbocycles. The van der Waals surface area contributed by atoms with Gasteiger partial charge in [0.15, 0.2) is 5.16 Å². The van der Waals surface area contributed by atoms with Crippen LogP contribution in [-0.2, 0) is 17.8 Å². The van der Waals surface area contributed by atoms with Crippen LogP contribution in [0.4, 0.5) is 5.82 Å². The summed E-state index contributed by atoms with van der Waals surface area (Å²) >= 11 is 7.21. The quantitative estimate of drug-likeness (QED) is 0.459. The van der Waals surface area contributed by atoms with E-state index in [1.807, 2.05) is 31.2 Å². The Morgan fingerprint density at radius 1 is 1.26 bits per heavy atom. The van der Waals surface area contributed by atoms with Gasteiger partial charge in [0.25, 0.3) is 0 Å². The number of nitrogens with one attached hydrogen (secondary N) is 1. The molecule has 8 heteroatoms. The van der Waals surface area contributed by atoms with Crippen molar-refractivity contribution in [1.82, 2.24) is 15.3 Å². The lowest BCUT2D eigenvalue weighted by molar-refractivity contribution is -0.118. The average molecular weight is 403 g/mol. The van der Waals surface area contributed by atoms with Crippen molar-refractivity contribution in [3.63, 3.8) is 0 Å². The Kier molecular flexibility index (Phi) is 6.36. The van der Waals surface area contributed by atoms with Crippen LogP contribution < -0.4 is 11.1 Å². The number of anilines is 1. The fourth-order valence-electron chi connectivity index (χ4n) is 2.53. The van der Waals surface area contributed by atoms with Crippen molar-refractivity contribution in [3.8, 4) is 11.1 Å². The zero-order valence-corrected chi connectivity index (χ0v) is 16.3. The van der Waals surface area contributed by atoms with Gasteiger partial charge in [-0.05, 0) is 36.2 Å². The van der Waals surface area contributed by atoms with E-state index < -0.39 is 0 Å². The van der Waals surface area contributed by atoms with Crippen LogP contribution in [-0.4, -0.2) is 21.6 Å². The molecule has 0 unspecified atom stereocenters. The highest BCUT2D eigenvalue weighted by Crippen LogP contribution is 2.30. The summed E-state index contributed by atoms with van der Waals surface area (Å²) in [7, 11) is 0. The molecule has 3 rings (SSSR count). The maximum Gasteiger partial charge on any atom is 0.230 e. The van der Waals surface area contributed by atoms with Crippen molar-refractivity contribution < 1.29 is 9.21 Å². The highest BCUT2D eigenvalue weighted by atomic mass is 35.5. The van der Waals surface area contributed by atoms with E-state index in [9.17, 15) is 4.79 Å². The average Bonchev–Trinajstić information content (AvgIpc) is 3.19. The van der Waals surface area contributed by atoms with Crippen molar-refractivity contribution >= 4 is 35.1 Å². The SMILES string of the molecule is CCc1nc(SCC(=O)NCc2ccco2)nc(N)c1-c1ccc(Cl)cc1. The number of nitrogens with two attached hydrogens (primary N) is 1. The van der Waals surface area contributed by atoms with E-state index in [-0.39, 0.29) is 11.7 Å². The summed E-state index contributed by atoms with van der Waals surface area (Å²) in [4.78, 5) is 20.9. The van der Waals surface area contributed by atoms with Gasteiger partial charge in [-0.1, -0.05) is 42.4 Å². The maximum absolute atomic E-state index is 12.0. The van der Waals surface area contributed by atoms with Crippen LogP contribution in [0.5, 0.6) is 0 Å². The second kappa shape index (κ2) is 8.92. The number of carbonyl (C=O) groups excluding carboxylic acids is 1. The number of thioether (sulfide) groups is 1. The molecule has 0 saturated heterocycles. The second-order valence-corrected chi connectivity index (χ2v) is 7.10. The molecule has 0 aliphatic heterocycles. The van der Waals surface area contributed by atoms with Crippen LogP contribution in [0.25, 0.3) is 11.1 Å². The number of amides is 1. The summed E-state index contributed by atoms with van der Waals surface area (Å²) in [6.45, 7) is 2.36. The Morgan fingerprint density at radius 2 is 2.04 bits per heavy atom. The molecule has 2 heterocycles. The van der Waals surface area contributed by atoms with E-state index in [0.717, 1.165) is 16.8 Å². The van der Waals surface area contributed by atoms with Crippen molar-refractivity contribution in [2.75, 3.05) is 11.5 Å². The van der Waals surface area contributed by atoms with E-state index in [0.29, 0.717) is 34.7 Å². The summed E-state index contributed by atoms with van der Waals surface area (Å²) in [5, 5.41) is 3.93. The first-order valence-corrected chi connectivity index (χ1v) is 9.77. The Morgan fingerprint density at radius 3 is 2.70 bits per heavy atom. The molecule has 0 radical (unpaired) electrons. The number of furan rings is 1. The first-order valence-electron chi connectivity index (χ1n) is 8.41. The molecule has 2 aromatic heterocycles. The highest BCUT2D eigenvalue weighted by molar-refractivity contribution is 7.99. The van der Waals surface area contributed by atoms with Gasteiger partial charge in [-0.3, -0.25) is 4.79 Å². The van der Waals surface area contributed by atoms with E-state index >= 15 is 0 Å². The molecule has 140 valence electrons. The summed E-state index contributed by atoms with van der Waals surface area (Å²) in [5.41, 5.74) is 8.75. The van der Waals surface area contributed by atoms with Crippen molar-refractivity contribution in [2.24, 2.45) is 0 Å². The number of hydrogen-bond acceptors (Lipinski definition) is 6. The molecule has 6 nitrogen and oxygen atoms in total. The molecule has 0 saturated carbocycles. The normalized spacial score (nSPS) is 10.7. The molecule has 0 fully saturated rings. The molecule has 1 aromatic carbocycles. The molecule has 0 aliphatic rings. The van der Waals surface area contributed by atoms with Gasteiger partial charge in [-0.2, -0.15) is 0 Å².